The normalized spacial score (nSPS) is 14.6. The summed E-state index contributed by atoms with van der Waals surface area (Å²) in [5, 5.41) is 13.6. The fourth-order valence-electron chi connectivity index (χ4n) is 2.05. The molecule has 0 atom stereocenters. The van der Waals surface area contributed by atoms with E-state index in [2.05, 4.69) is 20.7 Å². The Morgan fingerprint density at radius 2 is 2.32 bits per heavy atom. The molecule has 6 nitrogen and oxygen atoms in total. The molecule has 0 aromatic carbocycles. The largest absolute Gasteiger partial charge is 0.360 e. The summed E-state index contributed by atoms with van der Waals surface area (Å²) in [6.45, 7) is 4.29. The Bertz CT molecular complexity index is 590. The smallest absolute Gasteiger partial charge is 0.273 e. The SMILES string of the molecule is Cc1n[nH]c(C)c1CNC(=O)c1cc(C2CC2)on1. The molecule has 1 aliphatic carbocycles. The van der Waals surface area contributed by atoms with Crippen molar-refractivity contribution in [1.29, 1.82) is 0 Å². The number of aromatic amines is 1. The van der Waals surface area contributed by atoms with Crippen molar-refractivity contribution in [2.75, 3.05) is 0 Å². The summed E-state index contributed by atoms with van der Waals surface area (Å²) in [6, 6.07) is 1.74. The van der Waals surface area contributed by atoms with Gasteiger partial charge in [-0.1, -0.05) is 5.16 Å². The Balaban J connectivity index is 1.64. The number of aromatic nitrogens is 3. The molecule has 0 unspecified atom stereocenters. The van der Waals surface area contributed by atoms with Crippen LogP contribution in [0.15, 0.2) is 10.6 Å². The Labute approximate surface area is 110 Å². The molecule has 2 aromatic rings. The van der Waals surface area contributed by atoms with E-state index in [1.165, 1.54) is 0 Å². The lowest BCUT2D eigenvalue weighted by molar-refractivity contribution is 0.0941. The minimum atomic E-state index is -0.212. The van der Waals surface area contributed by atoms with Gasteiger partial charge >= 0.3 is 0 Å². The zero-order valence-electron chi connectivity index (χ0n) is 11.0. The number of nitrogens with one attached hydrogen (secondary N) is 2. The minimum Gasteiger partial charge on any atom is -0.360 e. The molecule has 1 saturated carbocycles. The quantitative estimate of drug-likeness (QED) is 0.878. The lowest BCUT2D eigenvalue weighted by atomic mass is 10.2. The maximum atomic E-state index is 12.0. The van der Waals surface area contributed by atoms with Crippen LogP contribution in [0.4, 0.5) is 0 Å². The molecule has 0 saturated heterocycles. The number of aryl methyl sites for hydroxylation is 2. The number of nitrogens with zero attached hydrogens (tertiary/aromatic N) is 2. The molecule has 6 heteroatoms. The molecule has 1 fully saturated rings. The standard InChI is InChI=1S/C13H16N4O2/c1-7-10(8(2)16-15-7)6-14-13(18)11-5-12(19-17-11)9-3-4-9/h5,9H,3-4,6H2,1-2H3,(H,14,18)(H,15,16). The lowest BCUT2D eigenvalue weighted by Crippen LogP contribution is -2.23. The Morgan fingerprint density at radius 3 is 2.95 bits per heavy atom. The highest BCUT2D eigenvalue weighted by Gasteiger charge is 2.28. The number of rotatable bonds is 4. The summed E-state index contributed by atoms with van der Waals surface area (Å²) in [6.07, 6.45) is 2.26. The van der Waals surface area contributed by atoms with Gasteiger partial charge in [0.05, 0.1) is 5.69 Å². The molecule has 2 aromatic heterocycles. The van der Waals surface area contributed by atoms with Crippen LogP contribution in [0.25, 0.3) is 0 Å². The first-order valence-corrected chi connectivity index (χ1v) is 6.40. The molecule has 100 valence electrons. The summed E-state index contributed by atoms with van der Waals surface area (Å²) in [5.74, 6) is 1.07. The van der Waals surface area contributed by atoms with E-state index in [4.69, 9.17) is 4.52 Å². The van der Waals surface area contributed by atoms with Gasteiger partial charge in [0.25, 0.3) is 5.91 Å². The van der Waals surface area contributed by atoms with Crippen LogP contribution in [-0.2, 0) is 6.54 Å². The van der Waals surface area contributed by atoms with E-state index < -0.39 is 0 Å². The van der Waals surface area contributed by atoms with Crippen LogP contribution in [0.2, 0.25) is 0 Å². The first-order chi connectivity index (χ1) is 9.15. The third-order valence-electron chi connectivity index (χ3n) is 3.45. The summed E-state index contributed by atoms with van der Waals surface area (Å²) in [4.78, 5) is 12.0. The fourth-order valence-corrected chi connectivity index (χ4v) is 2.05. The minimum absolute atomic E-state index is 0.212. The van der Waals surface area contributed by atoms with Gasteiger partial charge in [-0.3, -0.25) is 9.89 Å². The average Bonchev–Trinajstić information content (AvgIpc) is 3.04. The van der Waals surface area contributed by atoms with Gasteiger partial charge in [-0.05, 0) is 26.7 Å². The first-order valence-electron chi connectivity index (χ1n) is 6.40. The van der Waals surface area contributed by atoms with Gasteiger partial charge < -0.3 is 9.84 Å². The van der Waals surface area contributed by atoms with E-state index in [0.717, 1.165) is 35.6 Å². The van der Waals surface area contributed by atoms with Crippen molar-refractivity contribution in [1.82, 2.24) is 20.7 Å². The second kappa shape index (κ2) is 4.53. The molecular formula is C13H16N4O2. The molecule has 0 radical (unpaired) electrons. The van der Waals surface area contributed by atoms with Crippen molar-refractivity contribution in [2.45, 2.75) is 39.2 Å². The number of hydrogen-bond acceptors (Lipinski definition) is 4. The van der Waals surface area contributed by atoms with Crippen LogP contribution in [0.1, 0.15) is 52.0 Å². The first kappa shape index (κ1) is 12.0. The van der Waals surface area contributed by atoms with Gasteiger partial charge in [-0.2, -0.15) is 5.10 Å². The molecule has 19 heavy (non-hydrogen) atoms. The van der Waals surface area contributed by atoms with Crippen molar-refractivity contribution in [3.63, 3.8) is 0 Å². The zero-order valence-corrected chi connectivity index (χ0v) is 11.0. The van der Waals surface area contributed by atoms with Gasteiger partial charge in [0, 0.05) is 29.8 Å². The second-order valence-electron chi connectivity index (χ2n) is 4.98. The molecule has 0 aliphatic heterocycles. The van der Waals surface area contributed by atoms with Gasteiger partial charge in [0.1, 0.15) is 5.76 Å². The van der Waals surface area contributed by atoms with Crippen molar-refractivity contribution < 1.29 is 9.32 Å². The lowest BCUT2D eigenvalue weighted by Gasteiger charge is -2.02. The van der Waals surface area contributed by atoms with E-state index in [1.54, 1.807) is 6.07 Å². The van der Waals surface area contributed by atoms with E-state index in [1.807, 2.05) is 13.8 Å². The van der Waals surface area contributed by atoms with Crippen molar-refractivity contribution in [2.24, 2.45) is 0 Å². The molecule has 2 N–H and O–H groups in total. The average molecular weight is 260 g/mol. The monoisotopic (exact) mass is 260 g/mol. The summed E-state index contributed by atoms with van der Waals surface area (Å²) in [7, 11) is 0. The van der Waals surface area contributed by atoms with Crippen molar-refractivity contribution in [3.05, 3.63) is 34.5 Å². The maximum absolute atomic E-state index is 12.0. The van der Waals surface area contributed by atoms with Crippen molar-refractivity contribution in [3.8, 4) is 0 Å². The predicted molar refractivity (Wildman–Crippen MR) is 67.7 cm³/mol. The number of carbonyl (C=O) groups is 1. The van der Waals surface area contributed by atoms with Crippen LogP contribution in [0.3, 0.4) is 0 Å². The van der Waals surface area contributed by atoms with E-state index in [-0.39, 0.29) is 5.91 Å². The Morgan fingerprint density at radius 1 is 1.53 bits per heavy atom. The van der Waals surface area contributed by atoms with Crippen LogP contribution in [0, 0.1) is 13.8 Å². The molecule has 3 rings (SSSR count). The van der Waals surface area contributed by atoms with Gasteiger partial charge in [-0.15, -0.1) is 0 Å². The highest BCUT2D eigenvalue weighted by molar-refractivity contribution is 5.92. The number of H-pyrrole nitrogens is 1. The van der Waals surface area contributed by atoms with Crippen LogP contribution < -0.4 is 5.32 Å². The topological polar surface area (TPSA) is 83.8 Å². The third kappa shape index (κ3) is 2.38. The van der Waals surface area contributed by atoms with Gasteiger partial charge in [0.2, 0.25) is 0 Å². The predicted octanol–water partition coefficient (Wildman–Crippen LogP) is 1.82. The summed E-state index contributed by atoms with van der Waals surface area (Å²) < 4.78 is 5.16. The van der Waals surface area contributed by atoms with E-state index in [9.17, 15) is 4.79 Å². The Kier molecular flexibility index (Phi) is 2.85. The van der Waals surface area contributed by atoms with E-state index in [0.29, 0.717) is 18.2 Å². The maximum Gasteiger partial charge on any atom is 0.273 e. The second-order valence-corrected chi connectivity index (χ2v) is 4.98. The molecule has 0 bridgehead atoms. The summed E-state index contributed by atoms with van der Waals surface area (Å²) in [5.41, 5.74) is 3.23. The Hall–Kier alpha value is -2.11. The van der Waals surface area contributed by atoms with Gasteiger partial charge in [-0.25, -0.2) is 0 Å². The van der Waals surface area contributed by atoms with Crippen LogP contribution in [0.5, 0.6) is 0 Å². The summed E-state index contributed by atoms with van der Waals surface area (Å²) >= 11 is 0. The number of amides is 1. The van der Waals surface area contributed by atoms with Gasteiger partial charge in [0.15, 0.2) is 5.69 Å². The molecule has 2 heterocycles. The zero-order chi connectivity index (χ0) is 13.4. The molecular weight excluding hydrogens is 244 g/mol. The number of hydrogen-bond donors (Lipinski definition) is 2. The molecule has 1 aliphatic rings. The number of carbonyl (C=O) groups excluding carboxylic acids is 1. The highest BCUT2D eigenvalue weighted by atomic mass is 16.5. The third-order valence-corrected chi connectivity index (χ3v) is 3.45. The highest BCUT2D eigenvalue weighted by Crippen LogP contribution is 2.40. The van der Waals surface area contributed by atoms with Crippen LogP contribution >= 0.6 is 0 Å². The molecule has 1 amide bonds. The molecule has 0 spiro atoms. The fraction of sp³-hybridized carbons (Fsp3) is 0.462. The van der Waals surface area contributed by atoms with E-state index >= 15 is 0 Å². The van der Waals surface area contributed by atoms with Crippen molar-refractivity contribution >= 4 is 5.91 Å². The van der Waals surface area contributed by atoms with Crippen LogP contribution in [-0.4, -0.2) is 21.3 Å².